The van der Waals surface area contributed by atoms with Crippen LogP contribution in [-0.2, 0) is 13.2 Å². The number of hydrogen-bond donors (Lipinski definition) is 1. The fourth-order valence-electron chi connectivity index (χ4n) is 3.47. The van der Waals surface area contributed by atoms with Gasteiger partial charge in [-0.25, -0.2) is 4.68 Å². The number of hydrogen-bond acceptors (Lipinski definition) is 4. The number of amides is 1. The lowest BCUT2D eigenvalue weighted by molar-refractivity contribution is 0.102. The SMILES string of the molecule is Cc1cc(C)n(Cc2cccc(NC(=O)c3ccn(Cn4nc(C)cc4C)n3)c2)n1. The highest BCUT2D eigenvalue weighted by molar-refractivity contribution is 6.02. The van der Waals surface area contributed by atoms with E-state index in [2.05, 4.69) is 20.6 Å². The number of carbonyl (C=O) groups excluding carboxylic acids is 1. The Bertz CT molecular complexity index is 1200. The minimum absolute atomic E-state index is 0.245. The van der Waals surface area contributed by atoms with Crippen LogP contribution in [0.3, 0.4) is 0 Å². The van der Waals surface area contributed by atoms with Gasteiger partial charge in [0.05, 0.1) is 17.9 Å². The van der Waals surface area contributed by atoms with Crippen molar-refractivity contribution in [2.45, 2.75) is 40.9 Å². The first-order valence-electron chi connectivity index (χ1n) is 9.83. The van der Waals surface area contributed by atoms with Crippen molar-refractivity contribution in [3.8, 4) is 0 Å². The maximum Gasteiger partial charge on any atom is 0.276 e. The van der Waals surface area contributed by atoms with Crippen molar-refractivity contribution in [3.63, 3.8) is 0 Å². The summed E-state index contributed by atoms with van der Waals surface area (Å²) >= 11 is 0. The molecule has 0 aliphatic carbocycles. The summed E-state index contributed by atoms with van der Waals surface area (Å²) in [4.78, 5) is 12.7. The van der Waals surface area contributed by atoms with Crippen molar-refractivity contribution >= 4 is 11.6 Å². The monoisotopic (exact) mass is 403 g/mol. The third-order valence-electron chi connectivity index (χ3n) is 4.88. The van der Waals surface area contributed by atoms with Gasteiger partial charge in [-0.05, 0) is 63.6 Å². The largest absolute Gasteiger partial charge is 0.321 e. The number of aromatic nitrogens is 6. The summed E-state index contributed by atoms with van der Waals surface area (Å²) in [6.07, 6.45) is 1.78. The highest BCUT2D eigenvalue weighted by atomic mass is 16.2. The Morgan fingerprint density at radius 2 is 1.60 bits per heavy atom. The molecule has 0 saturated heterocycles. The summed E-state index contributed by atoms with van der Waals surface area (Å²) in [7, 11) is 0. The third kappa shape index (κ3) is 4.32. The summed E-state index contributed by atoms with van der Waals surface area (Å²) in [5.41, 5.74) is 6.26. The normalized spacial score (nSPS) is 11.1. The molecule has 0 atom stereocenters. The Labute approximate surface area is 175 Å². The van der Waals surface area contributed by atoms with E-state index < -0.39 is 0 Å². The minimum atomic E-state index is -0.245. The van der Waals surface area contributed by atoms with Gasteiger partial charge < -0.3 is 5.32 Å². The molecule has 4 rings (SSSR count). The van der Waals surface area contributed by atoms with Crippen LogP contribution < -0.4 is 5.32 Å². The molecule has 0 fully saturated rings. The average Bonchev–Trinajstić information content (AvgIpc) is 3.36. The van der Waals surface area contributed by atoms with Gasteiger partial charge in [-0.1, -0.05) is 12.1 Å². The number of benzene rings is 1. The van der Waals surface area contributed by atoms with Gasteiger partial charge in [0, 0.05) is 23.3 Å². The standard InChI is InChI=1S/C22H25N7O/c1-15-10-17(3)28(24-15)13-19-6-5-7-20(12-19)23-22(30)21-8-9-27(26-21)14-29-18(4)11-16(2)25-29/h5-12H,13-14H2,1-4H3,(H,23,30). The molecule has 154 valence electrons. The van der Waals surface area contributed by atoms with Gasteiger partial charge in [0.2, 0.25) is 0 Å². The molecule has 0 spiro atoms. The minimum Gasteiger partial charge on any atom is -0.321 e. The van der Waals surface area contributed by atoms with Gasteiger partial charge in [0.25, 0.3) is 5.91 Å². The smallest absolute Gasteiger partial charge is 0.276 e. The maximum absolute atomic E-state index is 12.7. The zero-order chi connectivity index (χ0) is 21.3. The second-order valence-corrected chi connectivity index (χ2v) is 7.55. The van der Waals surface area contributed by atoms with Crippen molar-refractivity contribution in [3.05, 3.63) is 82.7 Å². The molecule has 0 radical (unpaired) electrons. The van der Waals surface area contributed by atoms with Crippen LogP contribution in [0.1, 0.15) is 38.8 Å². The first kappa shape index (κ1) is 19.6. The van der Waals surface area contributed by atoms with Crippen molar-refractivity contribution in [2.24, 2.45) is 0 Å². The fourth-order valence-corrected chi connectivity index (χ4v) is 3.47. The van der Waals surface area contributed by atoms with Gasteiger partial charge >= 0.3 is 0 Å². The van der Waals surface area contributed by atoms with E-state index in [1.54, 1.807) is 16.9 Å². The van der Waals surface area contributed by atoms with Crippen LogP contribution in [0.4, 0.5) is 5.69 Å². The van der Waals surface area contributed by atoms with E-state index >= 15 is 0 Å². The van der Waals surface area contributed by atoms with Gasteiger partial charge in [0.15, 0.2) is 5.69 Å². The molecule has 0 saturated carbocycles. The van der Waals surface area contributed by atoms with Gasteiger partial charge in [-0.3, -0.25) is 14.2 Å². The van der Waals surface area contributed by atoms with Crippen LogP contribution in [0.25, 0.3) is 0 Å². The van der Waals surface area contributed by atoms with E-state index in [4.69, 9.17) is 0 Å². The Morgan fingerprint density at radius 1 is 0.900 bits per heavy atom. The molecule has 1 N–H and O–H groups in total. The highest BCUT2D eigenvalue weighted by Gasteiger charge is 2.11. The molecule has 3 heterocycles. The van der Waals surface area contributed by atoms with Crippen LogP contribution in [-0.4, -0.2) is 35.2 Å². The van der Waals surface area contributed by atoms with Crippen LogP contribution >= 0.6 is 0 Å². The summed E-state index contributed by atoms with van der Waals surface area (Å²) < 4.78 is 5.51. The molecule has 0 aliphatic rings. The van der Waals surface area contributed by atoms with Crippen LogP contribution in [0.5, 0.6) is 0 Å². The Balaban J connectivity index is 1.43. The van der Waals surface area contributed by atoms with Crippen molar-refractivity contribution < 1.29 is 4.79 Å². The number of anilines is 1. The van der Waals surface area contributed by atoms with Gasteiger partial charge in [0.1, 0.15) is 6.67 Å². The summed E-state index contributed by atoms with van der Waals surface area (Å²) in [5.74, 6) is -0.245. The first-order chi connectivity index (χ1) is 14.4. The van der Waals surface area contributed by atoms with E-state index in [1.165, 1.54) is 0 Å². The molecule has 3 aromatic heterocycles. The van der Waals surface area contributed by atoms with Crippen LogP contribution in [0, 0.1) is 27.7 Å². The van der Waals surface area contributed by atoms with E-state index in [1.807, 2.05) is 73.5 Å². The molecule has 4 aromatic rings. The molecule has 0 bridgehead atoms. The molecule has 0 aliphatic heterocycles. The molecule has 8 heteroatoms. The maximum atomic E-state index is 12.7. The first-order valence-corrected chi connectivity index (χ1v) is 9.83. The summed E-state index contributed by atoms with van der Waals surface area (Å²) in [6, 6.07) is 13.6. The predicted molar refractivity (Wildman–Crippen MR) is 115 cm³/mol. The van der Waals surface area contributed by atoms with E-state index in [0.717, 1.165) is 34.0 Å². The molecule has 0 unspecified atom stereocenters. The Kier molecular flexibility index (Phi) is 5.22. The lowest BCUT2D eigenvalue weighted by Gasteiger charge is -2.08. The van der Waals surface area contributed by atoms with Crippen molar-refractivity contribution in [2.75, 3.05) is 5.32 Å². The fraction of sp³-hybridized carbons (Fsp3) is 0.273. The number of rotatable bonds is 6. The lowest BCUT2D eigenvalue weighted by atomic mass is 10.2. The Morgan fingerprint density at radius 3 is 2.27 bits per heavy atom. The van der Waals surface area contributed by atoms with E-state index in [-0.39, 0.29) is 5.91 Å². The zero-order valence-corrected chi connectivity index (χ0v) is 17.6. The zero-order valence-electron chi connectivity index (χ0n) is 17.6. The molecular weight excluding hydrogens is 378 g/mol. The van der Waals surface area contributed by atoms with Gasteiger partial charge in [-0.15, -0.1) is 0 Å². The highest BCUT2D eigenvalue weighted by Crippen LogP contribution is 2.14. The number of carbonyl (C=O) groups is 1. The quantitative estimate of drug-likeness (QED) is 0.535. The van der Waals surface area contributed by atoms with Crippen LogP contribution in [0.15, 0.2) is 48.7 Å². The van der Waals surface area contributed by atoms with E-state index in [0.29, 0.717) is 18.9 Å². The third-order valence-corrected chi connectivity index (χ3v) is 4.88. The number of nitrogens with one attached hydrogen (secondary N) is 1. The average molecular weight is 403 g/mol. The van der Waals surface area contributed by atoms with Gasteiger partial charge in [-0.2, -0.15) is 15.3 Å². The summed E-state index contributed by atoms with van der Waals surface area (Å²) in [6.45, 7) is 9.08. The van der Waals surface area contributed by atoms with Crippen molar-refractivity contribution in [1.29, 1.82) is 0 Å². The topological polar surface area (TPSA) is 82.6 Å². The van der Waals surface area contributed by atoms with E-state index in [9.17, 15) is 4.79 Å². The molecule has 30 heavy (non-hydrogen) atoms. The number of aryl methyl sites for hydroxylation is 4. The number of nitrogens with zero attached hydrogens (tertiary/aromatic N) is 6. The predicted octanol–water partition coefficient (Wildman–Crippen LogP) is 3.32. The molecule has 1 amide bonds. The van der Waals surface area contributed by atoms with Crippen molar-refractivity contribution in [1.82, 2.24) is 29.3 Å². The van der Waals surface area contributed by atoms with Crippen LogP contribution in [0.2, 0.25) is 0 Å². The lowest BCUT2D eigenvalue weighted by Crippen LogP contribution is -2.16. The summed E-state index contributed by atoms with van der Waals surface area (Å²) in [5, 5.41) is 16.2. The second-order valence-electron chi connectivity index (χ2n) is 7.55. The molecule has 8 nitrogen and oxygen atoms in total. The molecule has 1 aromatic carbocycles. The second kappa shape index (κ2) is 7.98. The Hall–Kier alpha value is -3.68. The molecular formula is C22H25N7O.